The van der Waals surface area contributed by atoms with Gasteiger partial charge in [0.05, 0.1) is 17.2 Å². The van der Waals surface area contributed by atoms with Gasteiger partial charge in [-0.05, 0) is 18.9 Å². The number of nitrogens with zero attached hydrogens (tertiary/aromatic N) is 2. The number of thiazole rings is 1. The van der Waals surface area contributed by atoms with Crippen LogP contribution in [0.5, 0.6) is 0 Å². The van der Waals surface area contributed by atoms with Crippen molar-refractivity contribution in [3.05, 3.63) is 11.1 Å². The van der Waals surface area contributed by atoms with Crippen LogP contribution in [0, 0.1) is 5.92 Å². The zero-order valence-corrected chi connectivity index (χ0v) is 13.9. The van der Waals surface area contributed by atoms with E-state index in [9.17, 15) is 8.42 Å². The molecule has 0 saturated carbocycles. The minimum absolute atomic E-state index is 0.0719. The number of sulfone groups is 1. The van der Waals surface area contributed by atoms with Crippen LogP contribution in [0.1, 0.15) is 26.0 Å². The van der Waals surface area contributed by atoms with Crippen molar-refractivity contribution in [2.75, 3.05) is 30.0 Å². The van der Waals surface area contributed by atoms with Crippen molar-refractivity contribution in [1.29, 1.82) is 0 Å². The van der Waals surface area contributed by atoms with Crippen LogP contribution in [-0.4, -0.2) is 44.5 Å². The van der Waals surface area contributed by atoms with Gasteiger partial charge in [0.2, 0.25) is 0 Å². The Bertz CT molecular complexity index is 540. The Balaban J connectivity index is 1.91. The molecule has 1 aromatic rings. The lowest BCUT2D eigenvalue weighted by molar-refractivity contribution is 0.549. The van der Waals surface area contributed by atoms with Crippen LogP contribution in [0.3, 0.4) is 0 Å². The molecule has 20 heavy (non-hydrogen) atoms. The fourth-order valence-electron chi connectivity index (χ4n) is 2.27. The summed E-state index contributed by atoms with van der Waals surface area (Å²) in [6.45, 7) is 6.09. The van der Waals surface area contributed by atoms with Crippen molar-refractivity contribution in [3.8, 4) is 0 Å². The van der Waals surface area contributed by atoms with Crippen molar-refractivity contribution >= 4 is 26.3 Å². The summed E-state index contributed by atoms with van der Waals surface area (Å²) >= 11 is 1.58. The highest BCUT2D eigenvalue weighted by atomic mass is 32.2. The van der Waals surface area contributed by atoms with Gasteiger partial charge in [0.25, 0.3) is 0 Å². The third kappa shape index (κ3) is 4.17. The van der Waals surface area contributed by atoms with E-state index in [-0.39, 0.29) is 11.8 Å². The van der Waals surface area contributed by atoms with E-state index in [0.29, 0.717) is 18.1 Å². The highest BCUT2D eigenvalue weighted by Crippen LogP contribution is 2.25. The summed E-state index contributed by atoms with van der Waals surface area (Å²) in [5.41, 5.74) is 1.03. The normalized spacial score (nSPS) is 21.5. The second-order valence-corrected chi connectivity index (χ2v) is 8.88. The highest BCUT2D eigenvalue weighted by Gasteiger charge is 2.31. The molecule has 0 aromatic carbocycles. The third-order valence-electron chi connectivity index (χ3n) is 3.46. The van der Waals surface area contributed by atoms with Crippen LogP contribution in [0.2, 0.25) is 0 Å². The van der Waals surface area contributed by atoms with Crippen molar-refractivity contribution in [3.63, 3.8) is 0 Å². The predicted molar refractivity (Wildman–Crippen MR) is 84.1 cm³/mol. The molecule has 114 valence electrons. The number of hydrogen-bond acceptors (Lipinski definition) is 6. The average Bonchev–Trinajstić information content (AvgIpc) is 2.94. The number of rotatable bonds is 6. The second-order valence-electron chi connectivity index (χ2n) is 5.81. The molecule has 5 nitrogen and oxygen atoms in total. The summed E-state index contributed by atoms with van der Waals surface area (Å²) in [4.78, 5) is 6.60. The minimum Gasteiger partial charge on any atom is -0.347 e. The lowest BCUT2D eigenvalue weighted by Gasteiger charge is -2.22. The minimum atomic E-state index is -2.84. The summed E-state index contributed by atoms with van der Waals surface area (Å²) in [6.07, 6.45) is 0.708. The van der Waals surface area contributed by atoms with E-state index >= 15 is 0 Å². The molecule has 0 radical (unpaired) electrons. The molecule has 1 fully saturated rings. The highest BCUT2D eigenvalue weighted by molar-refractivity contribution is 7.91. The Morgan fingerprint density at radius 2 is 2.30 bits per heavy atom. The molecule has 2 heterocycles. The standard InChI is InChI=1S/C13H23N3O2S2/c1-10(2)6-14-7-11-8-19-13(15-11)16(3)12-4-5-20(17,18)9-12/h8,10,12,14H,4-7,9H2,1-3H3. The SMILES string of the molecule is CC(C)CNCc1csc(N(C)C2CCS(=O)(=O)C2)n1. The van der Waals surface area contributed by atoms with Crippen molar-refractivity contribution < 1.29 is 8.42 Å². The molecule has 2 rings (SSSR count). The fraction of sp³-hybridized carbons (Fsp3) is 0.769. The monoisotopic (exact) mass is 317 g/mol. The van der Waals surface area contributed by atoms with Gasteiger partial charge in [-0.15, -0.1) is 11.3 Å². The van der Waals surface area contributed by atoms with Gasteiger partial charge in [0.1, 0.15) is 0 Å². The Morgan fingerprint density at radius 1 is 1.55 bits per heavy atom. The maximum absolute atomic E-state index is 11.5. The first-order chi connectivity index (χ1) is 9.37. The zero-order valence-electron chi connectivity index (χ0n) is 12.3. The molecule has 0 spiro atoms. The van der Waals surface area contributed by atoms with Crippen LogP contribution >= 0.6 is 11.3 Å². The maximum Gasteiger partial charge on any atom is 0.185 e. The molecule has 1 saturated heterocycles. The van der Waals surface area contributed by atoms with Gasteiger partial charge in [0.15, 0.2) is 15.0 Å². The van der Waals surface area contributed by atoms with Crippen molar-refractivity contribution in [1.82, 2.24) is 10.3 Å². The fourth-order valence-corrected chi connectivity index (χ4v) is 4.90. The first-order valence-corrected chi connectivity index (χ1v) is 9.66. The number of anilines is 1. The lowest BCUT2D eigenvalue weighted by Crippen LogP contribution is -2.32. The summed E-state index contributed by atoms with van der Waals surface area (Å²) < 4.78 is 23.1. The molecule has 1 N–H and O–H groups in total. The van der Waals surface area contributed by atoms with Crippen LogP contribution in [0.25, 0.3) is 0 Å². The largest absolute Gasteiger partial charge is 0.347 e. The molecule has 1 aromatic heterocycles. The molecule has 0 aliphatic carbocycles. The van der Waals surface area contributed by atoms with Crippen LogP contribution in [-0.2, 0) is 16.4 Å². The quantitative estimate of drug-likeness (QED) is 0.862. The Kier molecular flexibility index (Phi) is 5.04. The van der Waals surface area contributed by atoms with E-state index in [1.807, 2.05) is 17.3 Å². The first-order valence-electron chi connectivity index (χ1n) is 6.96. The van der Waals surface area contributed by atoms with Crippen LogP contribution in [0.15, 0.2) is 5.38 Å². The summed E-state index contributed by atoms with van der Waals surface area (Å²) in [5, 5.41) is 6.32. The lowest BCUT2D eigenvalue weighted by atomic mass is 10.2. The Labute approximate surface area is 125 Å². The molecule has 1 aliphatic rings. The smallest absolute Gasteiger partial charge is 0.185 e. The Hall–Kier alpha value is -0.660. The molecule has 0 amide bonds. The van der Waals surface area contributed by atoms with Gasteiger partial charge < -0.3 is 10.2 Å². The number of hydrogen-bond donors (Lipinski definition) is 1. The van der Waals surface area contributed by atoms with Gasteiger partial charge in [-0.25, -0.2) is 13.4 Å². The summed E-state index contributed by atoms with van der Waals surface area (Å²) in [5.74, 6) is 1.18. The predicted octanol–water partition coefficient (Wildman–Crippen LogP) is 1.51. The second kappa shape index (κ2) is 6.41. The van der Waals surface area contributed by atoms with E-state index in [1.165, 1.54) is 0 Å². The molecular formula is C13H23N3O2S2. The molecule has 1 atom stereocenters. The van der Waals surface area contributed by atoms with E-state index < -0.39 is 9.84 Å². The molecular weight excluding hydrogens is 294 g/mol. The van der Waals surface area contributed by atoms with Gasteiger partial charge in [0, 0.05) is 25.0 Å². The summed E-state index contributed by atoms with van der Waals surface area (Å²) in [6, 6.07) is 0.0719. The van der Waals surface area contributed by atoms with E-state index in [1.54, 1.807) is 11.3 Å². The van der Waals surface area contributed by atoms with Gasteiger partial charge in [-0.1, -0.05) is 13.8 Å². The van der Waals surface area contributed by atoms with Crippen LogP contribution in [0.4, 0.5) is 5.13 Å². The van der Waals surface area contributed by atoms with Gasteiger partial charge in [-0.2, -0.15) is 0 Å². The first kappa shape index (κ1) is 15.7. The number of aromatic nitrogens is 1. The van der Waals surface area contributed by atoms with E-state index in [4.69, 9.17) is 0 Å². The molecule has 1 aliphatic heterocycles. The van der Waals surface area contributed by atoms with E-state index in [0.717, 1.165) is 23.9 Å². The third-order valence-corrected chi connectivity index (χ3v) is 6.19. The molecule has 7 heteroatoms. The Morgan fingerprint density at radius 3 is 2.90 bits per heavy atom. The number of nitrogens with one attached hydrogen (secondary N) is 1. The van der Waals surface area contributed by atoms with Crippen molar-refractivity contribution in [2.24, 2.45) is 5.92 Å². The average molecular weight is 317 g/mol. The maximum atomic E-state index is 11.5. The van der Waals surface area contributed by atoms with Gasteiger partial charge >= 0.3 is 0 Å². The molecule has 1 unspecified atom stereocenters. The van der Waals surface area contributed by atoms with Gasteiger partial charge in [-0.3, -0.25) is 0 Å². The van der Waals surface area contributed by atoms with Crippen LogP contribution < -0.4 is 10.2 Å². The topological polar surface area (TPSA) is 62.3 Å². The van der Waals surface area contributed by atoms with Crippen molar-refractivity contribution in [2.45, 2.75) is 32.9 Å². The summed E-state index contributed by atoms with van der Waals surface area (Å²) in [7, 11) is -0.902. The van der Waals surface area contributed by atoms with E-state index in [2.05, 4.69) is 24.1 Å². The molecule has 0 bridgehead atoms. The zero-order chi connectivity index (χ0) is 14.8.